The molecule has 10 N–H and O–H groups in total. The molecule has 0 radical (unpaired) electrons. The first-order chi connectivity index (χ1) is 15.4. The molecular weight excluding hydrogens is 436 g/mol. The van der Waals surface area contributed by atoms with E-state index in [-0.39, 0.29) is 6.42 Å². The van der Waals surface area contributed by atoms with Gasteiger partial charge in [0.1, 0.15) is 18.1 Å². The molecule has 0 saturated heterocycles. The summed E-state index contributed by atoms with van der Waals surface area (Å²) in [7, 11) is 0. The second-order valence-electron chi connectivity index (χ2n) is 7.33. The number of carboxylic acid groups (broad SMARTS) is 1. The molecule has 0 spiro atoms. The zero-order valence-corrected chi connectivity index (χ0v) is 17.9. The van der Waals surface area contributed by atoms with Crippen LogP contribution in [0.25, 0.3) is 0 Å². The van der Waals surface area contributed by atoms with E-state index in [0.29, 0.717) is 0 Å². The SMILES string of the molecule is CC(NC(=O)C(CC(N)=O)NC(=O)C(CC(N)=O)NC(=O)C(N)Cc1ccccc1)C(=O)O. The Kier molecular flexibility index (Phi) is 10.5. The Hall–Kier alpha value is -4.00. The molecule has 180 valence electrons. The largest absolute Gasteiger partial charge is 0.480 e. The quantitative estimate of drug-likeness (QED) is 0.157. The van der Waals surface area contributed by atoms with Crippen LogP contribution in [0.5, 0.6) is 0 Å². The first kappa shape index (κ1) is 27.0. The van der Waals surface area contributed by atoms with Crippen molar-refractivity contribution in [2.24, 2.45) is 17.2 Å². The molecule has 0 aliphatic rings. The van der Waals surface area contributed by atoms with Crippen LogP contribution >= 0.6 is 0 Å². The van der Waals surface area contributed by atoms with Crippen LogP contribution in [0, 0.1) is 0 Å². The third kappa shape index (κ3) is 9.78. The van der Waals surface area contributed by atoms with Gasteiger partial charge in [0.05, 0.1) is 18.9 Å². The molecule has 4 unspecified atom stereocenters. The summed E-state index contributed by atoms with van der Waals surface area (Å²) in [6.45, 7) is 1.17. The zero-order chi connectivity index (χ0) is 25.1. The van der Waals surface area contributed by atoms with Crippen molar-refractivity contribution in [1.82, 2.24) is 16.0 Å². The fourth-order valence-corrected chi connectivity index (χ4v) is 2.71. The van der Waals surface area contributed by atoms with Crippen molar-refractivity contribution in [2.45, 2.75) is 50.4 Å². The molecule has 0 saturated carbocycles. The monoisotopic (exact) mass is 464 g/mol. The van der Waals surface area contributed by atoms with Gasteiger partial charge in [-0.15, -0.1) is 0 Å². The maximum atomic E-state index is 12.7. The van der Waals surface area contributed by atoms with Crippen LogP contribution in [0.1, 0.15) is 25.3 Å². The number of rotatable bonds is 13. The van der Waals surface area contributed by atoms with E-state index < -0.39 is 72.5 Å². The summed E-state index contributed by atoms with van der Waals surface area (Å²) in [6.07, 6.45) is -1.13. The van der Waals surface area contributed by atoms with E-state index in [9.17, 15) is 28.8 Å². The molecule has 1 rings (SSSR count). The summed E-state index contributed by atoms with van der Waals surface area (Å²) in [5.41, 5.74) is 16.9. The highest BCUT2D eigenvalue weighted by Crippen LogP contribution is 2.04. The molecule has 0 bridgehead atoms. The molecule has 13 heteroatoms. The first-order valence-corrected chi connectivity index (χ1v) is 9.90. The Morgan fingerprint density at radius 1 is 0.818 bits per heavy atom. The Balaban J connectivity index is 2.92. The van der Waals surface area contributed by atoms with Crippen LogP contribution in [0.2, 0.25) is 0 Å². The van der Waals surface area contributed by atoms with Crippen LogP contribution in [0.4, 0.5) is 0 Å². The number of carbonyl (C=O) groups excluding carboxylic acids is 5. The fraction of sp³-hybridized carbons (Fsp3) is 0.400. The van der Waals surface area contributed by atoms with Gasteiger partial charge in [0.25, 0.3) is 0 Å². The van der Waals surface area contributed by atoms with E-state index in [4.69, 9.17) is 22.3 Å². The molecule has 5 amide bonds. The number of carboxylic acids is 1. The third-order valence-corrected chi connectivity index (χ3v) is 4.44. The van der Waals surface area contributed by atoms with Gasteiger partial charge in [0.15, 0.2) is 0 Å². The van der Waals surface area contributed by atoms with Gasteiger partial charge in [-0.25, -0.2) is 0 Å². The van der Waals surface area contributed by atoms with Gasteiger partial charge >= 0.3 is 5.97 Å². The first-order valence-electron chi connectivity index (χ1n) is 9.90. The van der Waals surface area contributed by atoms with Crippen molar-refractivity contribution in [3.05, 3.63) is 35.9 Å². The number of primary amides is 2. The van der Waals surface area contributed by atoms with Gasteiger partial charge in [-0.2, -0.15) is 0 Å². The molecule has 1 aromatic rings. The number of amides is 5. The second kappa shape index (κ2) is 12.8. The van der Waals surface area contributed by atoms with Gasteiger partial charge in [0.2, 0.25) is 29.5 Å². The van der Waals surface area contributed by atoms with E-state index in [2.05, 4.69) is 16.0 Å². The van der Waals surface area contributed by atoms with E-state index in [1.807, 2.05) is 0 Å². The molecule has 0 aromatic heterocycles. The summed E-state index contributed by atoms with van der Waals surface area (Å²) in [5, 5.41) is 15.5. The van der Waals surface area contributed by atoms with Crippen molar-refractivity contribution >= 4 is 35.5 Å². The van der Waals surface area contributed by atoms with Gasteiger partial charge in [-0.1, -0.05) is 30.3 Å². The lowest BCUT2D eigenvalue weighted by molar-refractivity contribution is -0.142. The maximum absolute atomic E-state index is 12.7. The normalized spacial score (nSPS) is 14.1. The van der Waals surface area contributed by atoms with E-state index in [0.717, 1.165) is 5.56 Å². The molecule has 4 atom stereocenters. The van der Waals surface area contributed by atoms with E-state index in [1.54, 1.807) is 30.3 Å². The average Bonchev–Trinajstić information content (AvgIpc) is 2.72. The van der Waals surface area contributed by atoms with Crippen molar-refractivity contribution < 1.29 is 33.9 Å². The van der Waals surface area contributed by atoms with Crippen molar-refractivity contribution in [3.8, 4) is 0 Å². The highest BCUT2D eigenvalue weighted by Gasteiger charge is 2.31. The molecule has 0 aliphatic carbocycles. The minimum atomic E-state index is -1.55. The maximum Gasteiger partial charge on any atom is 0.325 e. The van der Waals surface area contributed by atoms with Gasteiger partial charge in [-0.05, 0) is 18.9 Å². The number of hydrogen-bond acceptors (Lipinski definition) is 7. The summed E-state index contributed by atoms with van der Waals surface area (Å²) < 4.78 is 0. The fourth-order valence-electron chi connectivity index (χ4n) is 2.71. The number of aliphatic carboxylic acids is 1. The van der Waals surface area contributed by atoms with Crippen molar-refractivity contribution in [2.75, 3.05) is 0 Å². The van der Waals surface area contributed by atoms with E-state index >= 15 is 0 Å². The number of carbonyl (C=O) groups is 6. The minimum Gasteiger partial charge on any atom is -0.480 e. The average molecular weight is 464 g/mol. The zero-order valence-electron chi connectivity index (χ0n) is 17.9. The Bertz CT molecular complexity index is 892. The Labute approximate surface area is 189 Å². The Morgan fingerprint density at radius 3 is 1.73 bits per heavy atom. The number of benzene rings is 1. The topological polar surface area (TPSA) is 237 Å². The van der Waals surface area contributed by atoms with Crippen LogP contribution in [0.15, 0.2) is 30.3 Å². The smallest absolute Gasteiger partial charge is 0.325 e. The molecule has 0 heterocycles. The van der Waals surface area contributed by atoms with Crippen LogP contribution < -0.4 is 33.2 Å². The number of hydrogen-bond donors (Lipinski definition) is 7. The Morgan fingerprint density at radius 2 is 1.27 bits per heavy atom. The molecule has 33 heavy (non-hydrogen) atoms. The molecule has 13 nitrogen and oxygen atoms in total. The van der Waals surface area contributed by atoms with Crippen LogP contribution in [0.3, 0.4) is 0 Å². The number of nitrogens with one attached hydrogen (secondary N) is 3. The summed E-state index contributed by atoms with van der Waals surface area (Å²) in [6, 6.07) is 3.39. The van der Waals surface area contributed by atoms with Crippen LogP contribution in [-0.4, -0.2) is 64.8 Å². The lowest BCUT2D eigenvalue weighted by atomic mass is 10.0. The van der Waals surface area contributed by atoms with Crippen molar-refractivity contribution in [1.29, 1.82) is 0 Å². The standard InChI is InChI=1S/C20H28N6O7/c1-10(20(32)33)24-18(30)13(8-15(22)27)26-19(31)14(9-16(23)28)25-17(29)12(21)7-11-5-3-2-4-6-11/h2-6,10,12-14H,7-9,21H2,1H3,(H2,22,27)(H2,23,28)(H,24,30)(H,25,29)(H,26,31)(H,32,33). The lowest BCUT2D eigenvalue weighted by Crippen LogP contribution is -2.58. The van der Waals surface area contributed by atoms with Crippen LogP contribution in [-0.2, 0) is 35.2 Å². The third-order valence-electron chi connectivity index (χ3n) is 4.44. The molecule has 1 aromatic carbocycles. The van der Waals surface area contributed by atoms with Crippen molar-refractivity contribution in [3.63, 3.8) is 0 Å². The highest BCUT2D eigenvalue weighted by atomic mass is 16.4. The predicted molar refractivity (Wildman–Crippen MR) is 115 cm³/mol. The number of nitrogens with two attached hydrogens (primary N) is 3. The molecule has 0 aliphatic heterocycles. The summed E-state index contributed by atoms with van der Waals surface area (Å²) in [4.78, 5) is 71.2. The molecular formula is C20H28N6O7. The second-order valence-corrected chi connectivity index (χ2v) is 7.33. The predicted octanol–water partition coefficient (Wildman–Crippen LogP) is -3.13. The van der Waals surface area contributed by atoms with Gasteiger partial charge in [0, 0.05) is 0 Å². The van der Waals surface area contributed by atoms with E-state index in [1.165, 1.54) is 6.92 Å². The lowest BCUT2D eigenvalue weighted by Gasteiger charge is -2.23. The molecule has 0 fully saturated rings. The van der Waals surface area contributed by atoms with Gasteiger partial charge < -0.3 is 38.3 Å². The van der Waals surface area contributed by atoms with Gasteiger partial charge in [-0.3, -0.25) is 28.8 Å². The summed E-state index contributed by atoms with van der Waals surface area (Å²) >= 11 is 0. The summed E-state index contributed by atoms with van der Waals surface area (Å²) in [5.74, 6) is -6.00. The minimum absolute atomic E-state index is 0.150. The highest BCUT2D eigenvalue weighted by molar-refractivity contribution is 5.97.